The van der Waals surface area contributed by atoms with Gasteiger partial charge in [-0.3, -0.25) is 4.79 Å². The highest BCUT2D eigenvalue weighted by molar-refractivity contribution is 6.27. The number of benzene rings is 1. The summed E-state index contributed by atoms with van der Waals surface area (Å²) >= 11 is 5.67. The molecule has 20 heavy (non-hydrogen) atoms. The first-order chi connectivity index (χ1) is 9.51. The van der Waals surface area contributed by atoms with E-state index >= 15 is 0 Å². The summed E-state index contributed by atoms with van der Waals surface area (Å²) in [4.78, 5) is 13.6. The lowest BCUT2D eigenvalue weighted by molar-refractivity contribution is -0.129. The fraction of sp³-hybridized carbons (Fsp3) is 0.533. The Balaban J connectivity index is 2.90. The van der Waals surface area contributed by atoms with Gasteiger partial charge in [0.15, 0.2) is 11.5 Å². The molecule has 0 fully saturated rings. The van der Waals surface area contributed by atoms with E-state index in [2.05, 4.69) is 13.8 Å². The molecule has 0 bridgehead atoms. The van der Waals surface area contributed by atoms with Gasteiger partial charge in [-0.1, -0.05) is 19.9 Å². The van der Waals surface area contributed by atoms with Crippen molar-refractivity contribution in [2.45, 2.75) is 20.4 Å². The van der Waals surface area contributed by atoms with Crippen LogP contribution in [0.25, 0.3) is 0 Å². The summed E-state index contributed by atoms with van der Waals surface area (Å²) in [7, 11) is 3.19. The van der Waals surface area contributed by atoms with Gasteiger partial charge in [-0.05, 0) is 23.6 Å². The van der Waals surface area contributed by atoms with Crippen molar-refractivity contribution in [1.29, 1.82) is 0 Å². The number of halogens is 1. The monoisotopic (exact) mass is 299 g/mol. The minimum atomic E-state index is -0.0600. The molecule has 0 heterocycles. The van der Waals surface area contributed by atoms with Crippen molar-refractivity contribution in [3.8, 4) is 11.5 Å². The Labute approximate surface area is 125 Å². The molecule has 0 aliphatic carbocycles. The summed E-state index contributed by atoms with van der Waals surface area (Å²) in [5.74, 6) is 1.67. The van der Waals surface area contributed by atoms with Crippen molar-refractivity contribution in [3.63, 3.8) is 0 Å². The first kappa shape index (κ1) is 16.6. The van der Waals surface area contributed by atoms with Crippen LogP contribution in [0.15, 0.2) is 18.2 Å². The minimum Gasteiger partial charge on any atom is -0.493 e. The molecule has 0 N–H and O–H groups in total. The van der Waals surface area contributed by atoms with Crippen molar-refractivity contribution in [1.82, 2.24) is 4.90 Å². The van der Waals surface area contributed by atoms with Gasteiger partial charge >= 0.3 is 0 Å². The summed E-state index contributed by atoms with van der Waals surface area (Å²) in [6.45, 7) is 5.34. The van der Waals surface area contributed by atoms with Gasteiger partial charge in [0.1, 0.15) is 5.88 Å². The van der Waals surface area contributed by atoms with Crippen LogP contribution in [0, 0.1) is 5.92 Å². The van der Waals surface area contributed by atoms with Crippen LogP contribution in [0.2, 0.25) is 0 Å². The van der Waals surface area contributed by atoms with Gasteiger partial charge in [0, 0.05) is 13.1 Å². The molecule has 0 spiro atoms. The summed E-state index contributed by atoms with van der Waals surface area (Å²) in [5, 5.41) is 0. The second-order valence-corrected chi connectivity index (χ2v) is 5.26. The molecule has 0 aliphatic rings. The molecule has 0 radical (unpaired) electrons. The number of nitrogens with zero attached hydrogens (tertiary/aromatic N) is 1. The third-order valence-electron chi connectivity index (χ3n) is 2.87. The standard InChI is InChI=1S/C15H22ClNO3/c1-11(2)9-17(15(18)8-16)10-12-5-6-13(19-3)14(7-12)20-4/h5-7,11H,8-10H2,1-4H3. The van der Waals surface area contributed by atoms with Crippen molar-refractivity contribution >= 4 is 17.5 Å². The van der Waals surface area contributed by atoms with Crippen LogP contribution in [-0.2, 0) is 11.3 Å². The van der Waals surface area contributed by atoms with E-state index in [0.29, 0.717) is 30.5 Å². The van der Waals surface area contributed by atoms with Crippen LogP contribution < -0.4 is 9.47 Å². The molecular formula is C15H22ClNO3. The first-order valence-electron chi connectivity index (χ1n) is 6.56. The van der Waals surface area contributed by atoms with Crippen molar-refractivity contribution in [2.75, 3.05) is 26.6 Å². The van der Waals surface area contributed by atoms with Crippen LogP contribution in [0.3, 0.4) is 0 Å². The highest BCUT2D eigenvalue weighted by atomic mass is 35.5. The predicted octanol–water partition coefficient (Wildman–Crippen LogP) is 2.93. The maximum atomic E-state index is 11.9. The number of ether oxygens (including phenoxy) is 2. The second kappa shape index (κ2) is 8.00. The highest BCUT2D eigenvalue weighted by Gasteiger charge is 2.15. The Hall–Kier alpha value is -1.42. The first-order valence-corrected chi connectivity index (χ1v) is 7.09. The van der Waals surface area contributed by atoms with Gasteiger partial charge in [0.2, 0.25) is 5.91 Å². The SMILES string of the molecule is COc1ccc(CN(CC(C)C)C(=O)CCl)cc1OC. The maximum absolute atomic E-state index is 11.9. The lowest BCUT2D eigenvalue weighted by Gasteiger charge is -2.24. The van der Waals surface area contributed by atoms with Crippen molar-refractivity contribution < 1.29 is 14.3 Å². The quantitative estimate of drug-likeness (QED) is 0.727. The lowest BCUT2D eigenvalue weighted by Crippen LogP contribution is -2.34. The number of rotatable bonds is 7. The number of methoxy groups -OCH3 is 2. The smallest absolute Gasteiger partial charge is 0.237 e. The third kappa shape index (κ3) is 4.60. The van der Waals surface area contributed by atoms with Crippen LogP contribution in [0.4, 0.5) is 0 Å². The molecule has 0 saturated heterocycles. The van der Waals surface area contributed by atoms with Gasteiger partial charge in [0.05, 0.1) is 14.2 Å². The van der Waals surface area contributed by atoms with Crippen LogP contribution >= 0.6 is 11.6 Å². The van der Waals surface area contributed by atoms with Crippen LogP contribution in [0.5, 0.6) is 11.5 Å². The molecule has 5 heteroatoms. The Kier molecular flexibility index (Phi) is 6.65. The molecule has 1 aromatic rings. The number of carbonyl (C=O) groups is 1. The normalized spacial score (nSPS) is 10.5. The molecule has 4 nitrogen and oxygen atoms in total. The van der Waals surface area contributed by atoms with E-state index in [1.165, 1.54) is 0 Å². The molecule has 112 valence electrons. The number of amides is 1. The molecule has 0 aromatic heterocycles. The molecule has 0 atom stereocenters. The lowest BCUT2D eigenvalue weighted by atomic mass is 10.1. The fourth-order valence-corrected chi connectivity index (χ4v) is 2.15. The zero-order chi connectivity index (χ0) is 15.1. The molecular weight excluding hydrogens is 278 g/mol. The van der Waals surface area contributed by atoms with E-state index in [0.717, 1.165) is 5.56 Å². The van der Waals surface area contributed by atoms with E-state index in [9.17, 15) is 4.79 Å². The van der Waals surface area contributed by atoms with Crippen molar-refractivity contribution in [2.24, 2.45) is 5.92 Å². The zero-order valence-electron chi connectivity index (χ0n) is 12.5. The minimum absolute atomic E-state index is 0.00000953. The van der Waals surface area contributed by atoms with Gasteiger partial charge < -0.3 is 14.4 Å². The summed E-state index contributed by atoms with van der Waals surface area (Å²) < 4.78 is 10.5. The largest absolute Gasteiger partial charge is 0.493 e. The predicted molar refractivity (Wildman–Crippen MR) is 80.5 cm³/mol. The number of carbonyl (C=O) groups excluding carboxylic acids is 1. The average molecular weight is 300 g/mol. The molecule has 1 amide bonds. The average Bonchev–Trinajstić information content (AvgIpc) is 2.45. The van der Waals surface area contributed by atoms with Gasteiger partial charge in [0.25, 0.3) is 0 Å². The van der Waals surface area contributed by atoms with Crippen LogP contribution in [0.1, 0.15) is 19.4 Å². The van der Waals surface area contributed by atoms with E-state index < -0.39 is 0 Å². The summed E-state index contributed by atoms with van der Waals surface area (Å²) in [6.07, 6.45) is 0. The molecule has 1 rings (SSSR count). The zero-order valence-corrected chi connectivity index (χ0v) is 13.2. The van der Waals surface area contributed by atoms with Gasteiger partial charge in [-0.2, -0.15) is 0 Å². The maximum Gasteiger partial charge on any atom is 0.237 e. The molecule has 0 aliphatic heterocycles. The van der Waals surface area contributed by atoms with E-state index in [4.69, 9.17) is 21.1 Å². The van der Waals surface area contributed by atoms with E-state index in [1.807, 2.05) is 18.2 Å². The third-order valence-corrected chi connectivity index (χ3v) is 3.10. The topological polar surface area (TPSA) is 38.8 Å². The molecule has 0 unspecified atom stereocenters. The Bertz CT molecular complexity index is 449. The number of hydrogen-bond acceptors (Lipinski definition) is 3. The Morgan fingerprint density at radius 2 is 1.90 bits per heavy atom. The fourth-order valence-electron chi connectivity index (χ4n) is 1.98. The molecule has 0 saturated carbocycles. The molecule has 1 aromatic carbocycles. The Morgan fingerprint density at radius 1 is 1.25 bits per heavy atom. The summed E-state index contributed by atoms with van der Waals surface area (Å²) in [6, 6.07) is 5.65. The van der Waals surface area contributed by atoms with E-state index in [-0.39, 0.29) is 11.8 Å². The number of hydrogen-bond donors (Lipinski definition) is 0. The second-order valence-electron chi connectivity index (χ2n) is 4.99. The van der Waals surface area contributed by atoms with E-state index in [1.54, 1.807) is 19.1 Å². The number of alkyl halides is 1. The van der Waals surface area contributed by atoms with Crippen LogP contribution in [-0.4, -0.2) is 37.5 Å². The Morgan fingerprint density at radius 3 is 2.40 bits per heavy atom. The van der Waals surface area contributed by atoms with Gasteiger partial charge in [-0.15, -0.1) is 11.6 Å². The summed E-state index contributed by atoms with van der Waals surface area (Å²) in [5.41, 5.74) is 0.988. The van der Waals surface area contributed by atoms with Gasteiger partial charge in [-0.25, -0.2) is 0 Å². The highest BCUT2D eigenvalue weighted by Crippen LogP contribution is 2.28. The van der Waals surface area contributed by atoms with Crippen molar-refractivity contribution in [3.05, 3.63) is 23.8 Å².